The second-order valence-corrected chi connectivity index (χ2v) is 11.6. The molecular formula is C27H34FN3O5. The van der Waals surface area contributed by atoms with Crippen LogP contribution >= 0.6 is 0 Å². The average molecular weight is 500 g/mol. The smallest absolute Gasteiger partial charge is 0.410 e. The van der Waals surface area contributed by atoms with E-state index in [1.165, 1.54) is 10.5 Å². The van der Waals surface area contributed by atoms with Gasteiger partial charge in [0.15, 0.2) is 5.82 Å². The van der Waals surface area contributed by atoms with Gasteiger partial charge in [0.25, 0.3) is 5.56 Å². The minimum atomic E-state index is -1.31. The van der Waals surface area contributed by atoms with Crippen LogP contribution in [0.5, 0.6) is 0 Å². The molecule has 1 aliphatic heterocycles. The highest BCUT2D eigenvalue weighted by atomic mass is 19.1. The summed E-state index contributed by atoms with van der Waals surface area (Å²) in [6.07, 6.45) is 4.49. The number of amides is 1. The van der Waals surface area contributed by atoms with Crippen LogP contribution in [0.2, 0.25) is 0 Å². The Morgan fingerprint density at radius 1 is 1.17 bits per heavy atom. The molecule has 1 saturated heterocycles. The number of anilines is 1. The summed E-state index contributed by atoms with van der Waals surface area (Å²) in [7, 11) is 0. The number of hydrogen-bond donors (Lipinski definition) is 1. The summed E-state index contributed by atoms with van der Waals surface area (Å²) >= 11 is 0. The van der Waals surface area contributed by atoms with Crippen LogP contribution in [0.4, 0.5) is 14.9 Å². The lowest BCUT2D eigenvalue weighted by atomic mass is 10.0. The standard InChI is InChI=1S/C27H34FN3O5/c1-14-11-29(13-21(14)31(17-8-9-17)26(35)36-27(3,4)5)23-15(2)22-18(16-6-7-16)10-19(25(33)34)24(32)30(22)12-20(23)28/h10,12,14,16-17,21H,6-9,11,13H2,1-5H3,(H,33,34). The minimum absolute atomic E-state index is 0.0904. The Labute approximate surface area is 209 Å². The number of nitrogens with zero attached hydrogens (tertiary/aromatic N) is 3. The molecule has 194 valence electrons. The maximum Gasteiger partial charge on any atom is 0.410 e. The summed E-state index contributed by atoms with van der Waals surface area (Å²) in [5, 5.41) is 9.54. The first-order valence-corrected chi connectivity index (χ1v) is 12.7. The fraction of sp³-hybridized carbons (Fsp3) is 0.593. The molecule has 0 radical (unpaired) electrons. The highest BCUT2D eigenvalue weighted by Crippen LogP contribution is 2.44. The number of carboxylic acid groups (broad SMARTS) is 1. The Kier molecular flexibility index (Phi) is 5.80. The largest absolute Gasteiger partial charge is 0.477 e. The van der Waals surface area contributed by atoms with Gasteiger partial charge in [-0.05, 0) is 82.4 Å². The highest BCUT2D eigenvalue weighted by Gasteiger charge is 2.45. The third kappa shape index (κ3) is 4.33. The van der Waals surface area contributed by atoms with Crippen LogP contribution < -0.4 is 10.5 Å². The summed E-state index contributed by atoms with van der Waals surface area (Å²) in [5.74, 6) is -1.63. The minimum Gasteiger partial charge on any atom is -0.477 e. The second-order valence-electron chi connectivity index (χ2n) is 11.6. The molecule has 0 aromatic carbocycles. The molecule has 3 aliphatic rings. The van der Waals surface area contributed by atoms with E-state index < -0.39 is 22.9 Å². The van der Waals surface area contributed by atoms with Crippen LogP contribution in [0.15, 0.2) is 17.1 Å². The molecule has 2 unspecified atom stereocenters. The number of aromatic nitrogens is 1. The second kappa shape index (κ2) is 8.49. The van der Waals surface area contributed by atoms with Gasteiger partial charge < -0.3 is 19.6 Å². The normalized spacial score (nSPS) is 22.2. The SMILES string of the molecule is Cc1c(N2CC(C)C(N(C(=O)OC(C)(C)C)C3CC3)C2)c(F)cn2c(=O)c(C(=O)O)cc(C3CC3)c12. The third-order valence-electron chi connectivity index (χ3n) is 7.48. The van der Waals surface area contributed by atoms with Gasteiger partial charge in [-0.1, -0.05) is 6.92 Å². The number of aryl methyl sites for hydroxylation is 1. The number of fused-ring (bicyclic) bond motifs is 1. The van der Waals surface area contributed by atoms with E-state index >= 15 is 4.39 Å². The number of rotatable bonds is 5. The van der Waals surface area contributed by atoms with E-state index in [1.54, 1.807) is 6.92 Å². The van der Waals surface area contributed by atoms with Crippen LogP contribution in [0.1, 0.15) is 80.8 Å². The fourth-order valence-electron chi connectivity index (χ4n) is 5.61. The predicted molar refractivity (Wildman–Crippen MR) is 134 cm³/mol. The number of carbonyl (C=O) groups excluding carboxylic acids is 1. The number of aromatic carboxylic acids is 1. The Morgan fingerprint density at radius 3 is 2.39 bits per heavy atom. The van der Waals surface area contributed by atoms with Crippen molar-refractivity contribution in [3.63, 3.8) is 0 Å². The van der Waals surface area contributed by atoms with E-state index in [9.17, 15) is 19.5 Å². The molecule has 8 nitrogen and oxygen atoms in total. The first-order valence-electron chi connectivity index (χ1n) is 12.7. The van der Waals surface area contributed by atoms with E-state index in [4.69, 9.17) is 4.74 Å². The van der Waals surface area contributed by atoms with Crippen molar-refractivity contribution in [2.45, 2.75) is 83.9 Å². The van der Waals surface area contributed by atoms with Gasteiger partial charge in [-0.25, -0.2) is 14.0 Å². The summed E-state index contributed by atoms with van der Waals surface area (Å²) in [4.78, 5) is 41.5. The van der Waals surface area contributed by atoms with Crippen LogP contribution in [-0.2, 0) is 4.74 Å². The van der Waals surface area contributed by atoms with Crippen molar-refractivity contribution in [2.75, 3.05) is 18.0 Å². The van der Waals surface area contributed by atoms with Gasteiger partial charge in [-0.3, -0.25) is 9.20 Å². The molecule has 0 spiro atoms. The molecule has 2 aromatic rings. The van der Waals surface area contributed by atoms with Crippen molar-refractivity contribution in [3.05, 3.63) is 45.1 Å². The van der Waals surface area contributed by atoms with Crippen LogP contribution in [0.25, 0.3) is 5.52 Å². The monoisotopic (exact) mass is 499 g/mol. The van der Waals surface area contributed by atoms with Gasteiger partial charge in [-0.2, -0.15) is 0 Å². The molecule has 36 heavy (non-hydrogen) atoms. The lowest BCUT2D eigenvalue weighted by Crippen LogP contribution is -2.48. The van der Waals surface area contributed by atoms with Crippen molar-refractivity contribution in [1.82, 2.24) is 9.30 Å². The average Bonchev–Trinajstić information content (AvgIpc) is 3.67. The summed E-state index contributed by atoms with van der Waals surface area (Å²) in [6.45, 7) is 10.4. The Bertz CT molecular complexity index is 1310. The van der Waals surface area contributed by atoms with Crippen LogP contribution in [0, 0.1) is 18.7 Å². The Morgan fingerprint density at radius 2 is 1.83 bits per heavy atom. The molecule has 2 aliphatic carbocycles. The lowest BCUT2D eigenvalue weighted by Gasteiger charge is -2.33. The van der Waals surface area contributed by atoms with E-state index in [-0.39, 0.29) is 35.6 Å². The van der Waals surface area contributed by atoms with Crippen LogP contribution in [0.3, 0.4) is 0 Å². The van der Waals surface area contributed by atoms with Crippen LogP contribution in [-0.4, -0.2) is 57.2 Å². The molecule has 1 amide bonds. The van der Waals surface area contributed by atoms with E-state index in [2.05, 4.69) is 6.92 Å². The molecule has 0 bridgehead atoms. The topological polar surface area (TPSA) is 91.6 Å². The Balaban J connectivity index is 1.55. The zero-order valence-electron chi connectivity index (χ0n) is 21.5. The van der Waals surface area contributed by atoms with Gasteiger partial charge in [0.05, 0.1) is 23.4 Å². The number of halogens is 1. The van der Waals surface area contributed by atoms with Crippen molar-refractivity contribution in [2.24, 2.45) is 5.92 Å². The van der Waals surface area contributed by atoms with E-state index in [0.717, 1.165) is 37.4 Å². The Hall–Kier alpha value is -3.10. The van der Waals surface area contributed by atoms with Crippen molar-refractivity contribution in [3.8, 4) is 0 Å². The first kappa shape index (κ1) is 24.6. The van der Waals surface area contributed by atoms with Crippen molar-refractivity contribution >= 4 is 23.3 Å². The molecule has 9 heteroatoms. The van der Waals surface area contributed by atoms with E-state index in [1.807, 2.05) is 30.6 Å². The molecule has 1 N–H and O–H groups in total. The number of carboxylic acids is 1. The van der Waals surface area contributed by atoms with E-state index in [0.29, 0.717) is 29.9 Å². The third-order valence-corrected chi connectivity index (χ3v) is 7.48. The number of ether oxygens (including phenoxy) is 1. The highest BCUT2D eigenvalue weighted by molar-refractivity contribution is 5.89. The maximum absolute atomic E-state index is 15.6. The summed E-state index contributed by atoms with van der Waals surface area (Å²) < 4.78 is 22.5. The van der Waals surface area contributed by atoms with Gasteiger partial charge in [0.2, 0.25) is 0 Å². The lowest BCUT2D eigenvalue weighted by molar-refractivity contribution is 0.0122. The summed E-state index contributed by atoms with van der Waals surface area (Å²) in [6, 6.07) is 1.49. The molecule has 3 heterocycles. The zero-order valence-corrected chi connectivity index (χ0v) is 21.5. The predicted octanol–water partition coefficient (Wildman–Crippen LogP) is 4.55. The molecule has 5 rings (SSSR count). The molecule has 2 aromatic heterocycles. The molecule has 3 fully saturated rings. The number of hydrogen-bond acceptors (Lipinski definition) is 5. The van der Waals surface area contributed by atoms with Gasteiger partial charge in [0.1, 0.15) is 11.2 Å². The maximum atomic E-state index is 15.6. The summed E-state index contributed by atoms with van der Waals surface area (Å²) in [5.41, 5.74) is 0.728. The first-order chi connectivity index (χ1) is 16.9. The zero-order chi connectivity index (χ0) is 26.1. The quantitative estimate of drug-likeness (QED) is 0.649. The van der Waals surface area contributed by atoms with Crippen molar-refractivity contribution < 1.29 is 23.8 Å². The number of pyridine rings is 2. The molecule has 2 atom stereocenters. The molecule has 2 saturated carbocycles. The van der Waals surface area contributed by atoms with Gasteiger partial charge >= 0.3 is 12.1 Å². The fourth-order valence-corrected chi connectivity index (χ4v) is 5.61. The van der Waals surface area contributed by atoms with Gasteiger partial charge in [0, 0.05) is 19.1 Å². The number of carbonyl (C=O) groups is 2. The molecular weight excluding hydrogens is 465 g/mol. The van der Waals surface area contributed by atoms with Gasteiger partial charge in [-0.15, -0.1) is 0 Å². The van der Waals surface area contributed by atoms with Crippen molar-refractivity contribution in [1.29, 1.82) is 0 Å².